The van der Waals surface area contributed by atoms with Crippen molar-refractivity contribution in [1.29, 1.82) is 10.5 Å². The molecule has 0 radical (unpaired) electrons. The Labute approximate surface area is 84.1 Å². The number of hydrogen-bond acceptors (Lipinski definition) is 2. The molecule has 0 unspecified atom stereocenters. The van der Waals surface area contributed by atoms with Gasteiger partial charge >= 0.3 is 0 Å². The smallest absolute Gasteiger partial charge is 0.0944 e. The van der Waals surface area contributed by atoms with Crippen LogP contribution in [0.1, 0.15) is 26.7 Å². The van der Waals surface area contributed by atoms with E-state index in [0.717, 1.165) is 24.0 Å². The van der Waals surface area contributed by atoms with Crippen LogP contribution < -0.4 is 0 Å². The Kier molecular flexibility index (Phi) is 1.60. The number of fused-ring (bicyclic) bond motifs is 1. The largest absolute Gasteiger partial charge is 0.193 e. The van der Waals surface area contributed by atoms with Crippen molar-refractivity contribution in [3.63, 3.8) is 0 Å². The average Bonchev–Trinajstić information content (AvgIpc) is 2.50. The molecule has 0 spiro atoms. The molecule has 2 aliphatic carbocycles. The van der Waals surface area contributed by atoms with Gasteiger partial charge in [-0.1, -0.05) is 26.0 Å². The van der Waals surface area contributed by atoms with Crippen molar-refractivity contribution < 1.29 is 0 Å². The van der Waals surface area contributed by atoms with Gasteiger partial charge in [0.15, 0.2) is 0 Å². The first-order valence-corrected chi connectivity index (χ1v) is 4.77. The zero-order chi connectivity index (χ0) is 10.4. The predicted octanol–water partition coefficient (Wildman–Crippen LogP) is 2.71. The van der Waals surface area contributed by atoms with Crippen molar-refractivity contribution >= 4 is 0 Å². The highest BCUT2D eigenvalue weighted by molar-refractivity contribution is 5.44. The van der Waals surface area contributed by atoms with E-state index in [9.17, 15) is 0 Å². The zero-order valence-electron chi connectivity index (χ0n) is 8.46. The minimum atomic E-state index is -0.0108. The lowest BCUT2D eigenvalue weighted by Gasteiger charge is -2.32. The second-order valence-electron chi connectivity index (χ2n) is 4.75. The molecule has 0 aliphatic heterocycles. The van der Waals surface area contributed by atoms with Gasteiger partial charge in [-0.15, -0.1) is 0 Å². The Morgan fingerprint density at radius 3 is 1.64 bits per heavy atom. The van der Waals surface area contributed by atoms with Crippen LogP contribution >= 0.6 is 0 Å². The molecular formula is C12H12N2. The topological polar surface area (TPSA) is 47.6 Å². The van der Waals surface area contributed by atoms with Gasteiger partial charge in [0.25, 0.3) is 0 Å². The summed E-state index contributed by atoms with van der Waals surface area (Å²) in [5, 5.41) is 17.7. The van der Waals surface area contributed by atoms with E-state index in [1.165, 1.54) is 0 Å². The van der Waals surface area contributed by atoms with Crippen LogP contribution in [0, 0.1) is 33.5 Å². The summed E-state index contributed by atoms with van der Waals surface area (Å²) in [7, 11) is 0. The molecule has 2 heteroatoms. The van der Waals surface area contributed by atoms with E-state index in [0.29, 0.717) is 0 Å². The van der Waals surface area contributed by atoms with Crippen molar-refractivity contribution in [2.24, 2.45) is 10.8 Å². The van der Waals surface area contributed by atoms with E-state index in [1.807, 2.05) is 12.2 Å². The molecule has 0 saturated carbocycles. The van der Waals surface area contributed by atoms with Gasteiger partial charge in [-0.2, -0.15) is 10.5 Å². The summed E-state index contributed by atoms with van der Waals surface area (Å²) in [5.74, 6) is 0. The lowest BCUT2D eigenvalue weighted by molar-refractivity contribution is 0.230. The molecule has 70 valence electrons. The molecule has 0 N–H and O–H groups in total. The van der Waals surface area contributed by atoms with Gasteiger partial charge in [0.05, 0.1) is 12.1 Å². The Balaban J connectivity index is 2.43. The molecule has 2 aliphatic rings. The highest BCUT2D eigenvalue weighted by Crippen LogP contribution is 2.59. The van der Waals surface area contributed by atoms with Crippen LogP contribution in [0.15, 0.2) is 23.3 Å². The molecule has 0 saturated heterocycles. The summed E-state index contributed by atoms with van der Waals surface area (Å²) >= 11 is 0. The summed E-state index contributed by atoms with van der Waals surface area (Å²) in [5.41, 5.74) is 1.71. The van der Waals surface area contributed by atoms with E-state index in [2.05, 4.69) is 26.0 Å². The lowest BCUT2D eigenvalue weighted by atomic mass is 9.70. The number of nitrogens with zero attached hydrogens (tertiary/aromatic N) is 2. The van der Waals surface area contributed by atoms with E-state index < -0.39 is 0 Å². The highest BCUT2D eigenvalue weighted by Gasteiger charge is 2.50. The van der Waals surface area contributed by atoms with E-state index in [1.54, 1.807) is 0 Å². The first-order valence-electron chi connectivity index (χ1n) is 4.77. The van der Waals surface area contributed by atoms with E-state index in [-0.39, 0.29) is 10.8 Å². The Bertz CT molecular complexity index is 388. The molecule has 0 aromatic rings. The molecule has 0 aromatic heterocycles. The third-order valence-electron chi connectivity index (χ3n) is 3.69. The Morgan fingerprint density at radius 2 is 1.36 bits per heavy atom. The molecule has 0 bridgehead atoms. The van der Waals surface area contributed by atoms with Gasteiger partial charge in [-0.05, 0) is 12.8 Å². The van der Waals surface area contributed by atoms with Crippen molar-refractivity contribution in [3.05, 3.63) is 23.3 Å². The molecule has 0 amide bonds. The minimum Gasteiger partial charge on any atom is -0.193 e. The van der Waals surface area contributed by atoms with Crippen LogP contribution in [-0.2, 0) is 0 Å². The number of hydrogen-bond donors (Lipinski definition) is 0. The van der Waals surface area contributed by atoms with Crippen LogP contribution in [0.2, 0.25) is 0 Å². The molecule has 0 aromatic carbocycles. The maximum Gasteiger partial charge on any atom is 0.0944 e. The molecule has 2 rings (SSSR count). The van der Waals surface area contributed by atoms with Gasteiger partial charge in [0.1, 0.15) is 0 Å². The van der Waals surface area contributed by atoms with Gasteiger partial charge in [-0.25, -0.2) is 0 Å². The number of rotatable bonds is 0. The number of allylic oxidation sites excluding steroid dienone is 4. The lowest BCUT2D eigenvalue weighted by Crippen LogP contribution is -2.26. The van der Waals surface area contributed by atoms with Crippen molar-refractivity contribution in [2.45, 2.75) is 26.7 Å². The van der Waals surface area contributed by atoms with E-state index in [4.69, 9.17) is 10.5 Å². The molecule has 14 heavy (non-hydrogen) atoms. The Morgan fingerprint density at radius 1 is 1.00 bits per heavy atom. The first kappa shape index (κ1) is 9.03. The summed E-state index contributed by atoms with van der Waals surface area (Å²) < 4.78 is 0. The molecule has 2 nitrogen and oxygen atoms in total. The summed E-state index contributed by atoms with van der Waals surface area (Å²) in [6.07, 6.45) is 5.66. The second kappa shape index (κ2) is 2.49. The second-order valence-corrected chi connectivity index (χ2v) is 4.75. The van der Waals surface area contributed by atoms with Crippen LogP contribution in [-0.4, -0.2) is 0 Å². The quantitative estimate of drug-likeness (QED) is 0.581. The molecular weight excluding hydrogens is 172 g/mol. The fourth-order valence-electron chi connectivity index (χ4n) is 2.64. The normalized spacial score (nSPS) is 39.4. The standard InChI is InChI=1S/C12H12N2/c1-11-3-9(7-13)5-12(11,2)6-10(4-11)8-14/h3,6H,4-5H2,1-2H3/t11-,12+/m1/s1. The van der Waals surface area contributed by atoms with Crippen molar-refractivity contribution in [2.75, 3.05) is 0 Å². The predicted molar refractivity (Wildman–Crippen MR) is 52.8 cm³/mol. The third kappa shape index (κ3) is 0.946. The fraction of sp³-hybridized carbons (Fsp3) is 0.500. The SMILES string of the molecule is C[C@]12C=C(C#N)C[C@@]1(C)C=C(C#N)C2. The van der Waals surface area contributed by atoms with Crippen LogP contribution in [0.3, 0.4) is 0 Å². The Hall–Kier alpha value is -1.54. The molecule has 2 atom stereocenters. The average molecular weight is 184 g/mol. The summed E-state index contributed by atoms with van der Waals surface area (Å²) in [4.78, 5) is 0. The maximum absolute atomic E-state index is 8.87. The molecule has 0 fully saturated rings. The first-order chi connectivity index (χ1) is 6.53. The zero-order valence-corrected chi connectivity index (χ0v) is 8.46. The van der Waals surface area contributed by atoms with Gasteiger partial charge in [0, 0.05) is 22.0 Å². The van der Waals surface area contributed by atoms with Crippen LogP contribution in [0.4, 0.5) is 0 Å². The molecule has 0 heterocycles. The maximum atomic E-state index is 8.87. The summed E-state index contributed by atoms with van der Waals surface area (Å²) in [6.45, 7) is 4.27. The van der Waals surface area contributed by atoms with Crippen molar-refractivity contribution in [1.82, 2.24) is 0 Å². The van der Waals surface area contributed by atoms with Gasteiger partial charge < -0.3 is 0 Å². The van der Waals surface area contributed by atoms with Crippen molar-refractivity contribution in [3.8, 4) is 12.1 Å². The van der Waals surface area contributed by atoms with Gasteiger partial charge in [0.2, 0.25) is 0 Å². The van der Waals surface area contributed by atoms with Gasteiger partial charge in [-0.3, -0.25) is 0 Å². The fourth-order valence-corrected chi connectivity index (χ4v) is 2.64. The number of nitriles is 2. The highest BCUT2D eigenvalue weighted by atomic mass is 14.5. The van der Waals surface area contributed by atoms with Crippen LogP contribution in [0.5, 0.6) is 0 Å². The summed E-state index contributed by atoms with van der Waals surface area (Å²) in [6, 6.07) is 4.45. The third-order valence-corrected chi connectivity index (χ3v) is 3.69. The minimum absolute atomic E-state index is 0.0108. The monoisotopic (exact) mass is 184 g/mol. The van der Waals surface area contributed by atoms with Crippen LogP contribution in [0.25, 0.3) is 0 Å². The van der Waals surface area contributed by atoms with E-state index >= 15 is 0 Å².